The van der Waals surface area contributed by atoms with E-state index in [4.69, 9.17) is 4.74 Å². The first-order valence-corrected chi connectivity index (χ1v) is 11.9. The van der Waals surface area contributed by atoms with Gasteiger partial charge < -0.3 is 4.74 Å². The van der Waals surface area contributed by atoms with Crippen LogP contribution in [0.3, 0.4) is 0 Å². The van der Waals surface area contributed by atoms with Crippen molar-refractivity contribution in [2.75, 3.05) is 0 Å². The molecule has 1 fully saturated rings. The average molecular weight is 427 g/mol. The van der Waals surface area contributed by atoms with Gasteiger partial charge in [-0.2, -0.15) is 0 Å². The van der Waals surface area contributed by atoms with Gasteiger partial charge in [0.15, 0.2) is 11.6 Å². The summed E-state index contributed by atoms with van der Waals surface area (Å²) in [5.74, 6) is 1.52. The molecular formula is C26H35FN2O2. The van der Waals surface area contributed by atoms with Crippen molar-refractivity contribution in [3.8, 4) is 16.9 Å². The second-order valence-corrected chi connectivity index (χ2v) is 8.78. The van der Waals surface area contributed by atoms with Crippen LogP contribution in [0.15, 0.2) is 30.6 Å². The lowest BCUT2D eigenvalue weighted by atomic mass is 9.78. The molecule has 0 radical (unpaired) electrons. The van der Waals surface area contributed by atoms with E-state index < -0.39 is 11.8 Å². The molecule has 1 aliphatic carbocycles. The maximum Gasteiger partial charge on any atom is 0.310 e. The van der Waals surface area contributed by atoms with Crippen LogP contribution in [0.5, 0.6) is 5.75 Å². The second-order valence-electron chi connectivity index (χ2n) is 8.78. The van der Waals surface area contributed by atoms with Gasteiger partial charge in [0.25, 0.3) is 0 Å². The van der Waals surface area contributed by atoms with Crippen molar-refractivity contribution in [3.05, 3.63) is 42.2 Å². The summed E-state index contributed by atoms with van der Waals surface area (Å²) in [5.41, 5.74) is 1.42. The number of carbonyl (C=O) groups is 1. The molecule has 1 aliphatic rings. The summed E-state index contributed by atoms with van der Waals surface area (Å²) >= 11 is 0. The molecule has 0 saturated heterocycles. The Morgan fingerprint density at radius 1 is 1.00 bits per heavy atom. The Bertz CT molecular complexity index is 830. The van der Waals surface area contributed by atoms with Crippen molar-refractivity contribution in [2.24, 2.45) is 11.8 Å². The molecule has 0 N–H and O–H groups in total. The smallest absolute Gasteiger partial charge is 0.310 e. The molecule has 168 valence electrons. The number of rotatable bonds is 10. The molecule has 1 heterocycles. The van der Waals surface area contributed by atoms with Gasteiger partial charge in [0.05, 0.1) is 0 Å². The van der Waals surface area contributed by atoms with Crippen LogP contribution < -0.4 is 4.74 Å². The van der Waals surface area contributed by atoms with Gasteiger partial charge >= 0.3 is 5.97 Å². The van der Waals surface area contributed by atoms with E-state index in [1.54, 1.807) is 25.4 Å². The highest BCUT2D eigenvalue weighted by Gasteiger charge is 2.21. The lowest BCUT2D eigenvalue weighted by molar-refractivity contribution is -0.134. The maximum atomic E-state index is 14.2. The predicted molar refractivity (Wildman–Crippen MR) is 121 cm³/mol. The molecule has 0 amide bonds. The summed E-state index contributed by atoms with van der Waals surface area (Å²) in [7, 11) is 0. The molecule has 1 aromatic heterocycles. The van der Waals surface area contributed by atoms with Crippen LogP contribution >= 0.6 is 0 Å². The molecule has 2 aromatic rings. The van der Waals surface area contributed by atoms with E-state index in [-0.39, 0.29) is 12.2 Å². The summed E-state index contributed by atoms with van der Waals surface area (Å²) in [5, 5.41) is 0. The number of ether oxygens (including phenoxy) is 1. The zero-order valence-electron chi connectivity index (χ0n) is 18.9. The summed E-state index contributed by atoms with van der Waals surface area (Å²) < 4.78 is 19.2. The first-order valence-electron chi connectivity index (χ1n) is 11.9. The number of aromatic nitrogens is 2. The molecule has 3 rings (SSSR count). The first-order chi connectivity index (χ1) is 15.1. The lowest BCUT2D eigenvalue weighted by Gasteiger charge is -2.28. The van der Waals surface area contributed by atoms with Crippen LogP contribution in [-0.2, 0) is 11.2 Å². The number of halogens is 1. The van der Waals surface area contributed by atoms with E-state index in [2.05, 4.69) is 16.9 Å². The fourth-order valence-electron chi connectivity index (χ4n) is 4.42. The zero-order valence-corrected chi connectivity index (χ0v) is 18.9. The molecule has 0 unspecified atom stereocenters. The molecule has 0 aliphatic heterocycles. The van der Waals surface area contributed by atoms with E-state index in [9.17, 15) is 9.18 Å². The monoisotopic (exact) mass is 426 g/mol. The Balaban J connectivity index is 1.47. The normalized spacial score (nSPS) is 18.7. The Kier molecular flexibility index (Phi) is 8.98. The predicted octanol–water partition coefficient (Wildman–Crippen LogP) is 6.92. The number of esters is 1. The molecule has 4 nitrogen and oxygen atoms in total. The van der Waals surface area contributed by atoms with Crippen LogP contribution in [0.1, 0.15) is 83.9 Å². The topological polar surface area (TPSA) is 52.1 Å². The molecule has 0 spiro atoms. The minimum Gasteiger partial charge on any atom is -0.423 e. The first kappa shape index (κ1) is 23.4. The molecule has 0 atom stereocenters. The minimum atomic E-state index is -0.561. The number of aryl methyl sites for hydroxylation is 1. The van der Waals surface area contributed by atoms with Gasteiger partial charge in [-0.3, -0.25) is 4.79 Å². The maximum absolute atomic E-state index is 14.2. The van der Waals surface area contributed by atoms with Gasteiger partial charge in [-0.05, 0) is 36.0 Å². The van der Waals surface area contributed by atoms with Gasteiger partial charge in [-0.25, -0.2) is 14.4 Å². The van der Waals surface area contributed by atoms with Crippen molar-refractivity contribution >= 4 is 5.97 Å². The van der Waals surface area contributed by atoms with Crippen molar-refractivity contribution < 1.29 is 13.9 Å². The highest BCUT2D eigenvalue weighted by Crippen LogP contribution is 2.34. The van der Waals surface area contributed by atoms with Crippen LogP contribution in [-0.4, -0.2) is 15.9 Å². The molecular weight excluding hydrogens is 391 g/mol. The third-order valence-electron chi connectivity index (χ3n) is 6.44. The quantitative estimate of drug-likeness (QED) is 0.235. The number of hydrogen-bond donors (Lipinski definition) is 0. The highest BCUT2D eigenvalue weighted by atomic mass is 19.1. The summed E-state index contributed by atoms with van der Waals surface area (Å²) in [6.45, 7) is 3.94. The minimum absolute atomic E-state index is 0.0479. The summed E-state index contributed by atoms with van der Waals surface area (Å²) in [6.07, 6.45) is 16.7. The SMILES string of the molecule is CCCCC[C@H]1CC[C@H](CCc2ncc(-c3ccc(OC(=O)CC)c(F)c3)cn2)CC1. The number of unbranched alkanes of at least 4 members (excludes halogenated alkanes) is 2. The fraction of sp³-hybridized carbons (Fsp3) is 0.577. The standard InChI is InChI=1S/C26H35FN2O2/c1-3-5-6-7-19-8-10-20(11-9-19)12-15-25-28-17-22(18-29-25)21-13-14-24(23(27)16-21)31-26(30)4-2/h13-14,16-20H,3-12,15H2,1-2H3/t19-,20-. The van der Waals surface area contributed by atoms with Gasteiger partial charge in [0, 0.05) is 30.8 Å². The van der Waals surface area contributed by atoms with Crippen molar-refractivity contribution in [3.63, 3.8) is 0 Å². The number of nitrogens with zero attached hydrogens (tertiary/aromatic N) is 2. The van der Waals surface area contributed by atoms with Crippen LogP contribution in [0.25, 0.3) is 11.1 Å². The van der Waals surface area contributed by atoms with Gasteiger partial charge in [0.1, 0.15) is 5.82 Å². The number of carbonyl (C=O) groups excluding carboxylic acids is 1. The Morgan fingerprint density at radius 2 is 1.68 bits per heavy atom. The van der Waals surface area contributed by atoms with E-state index in [1.807, 2.05) is 0 Å². The van der Waals surface area contributed by atoms with Crippen molar-refractivity contribution in [1.29, 1.82) is 0 Å². The van der Waals surface area contributed by atoms with E-state index >= 15 is 0 Å². The van der Waals surface area contributed by atoms with Crippen molar-refractivity contribution in [1.82, 2.24) is 9.97 Å². The van der Waals surface area contributed by atoms with Crippen LogP contribution in [0.4, 0.5) is 4.39 Å². The van der Waals surface area contributed by atoms with Crippen LogP contribution in [0.2, 0.25) is 0 Å². The molecule has 31 heavy (non-hydrogen) atoms. The van der Waals surface area contributed by atoms with Gasteiger partial charge in [-0.1, -0.05) is 71.3 Å². The van der Waals surface area contributed by atoms with Gasteiger partial charge in [-0.15, -0.1) is 0 Å². The van der Waals surface area contributed by atoms with Crippen LogP contribution in [0, 0.1) is 17.7 Å². The third-order valence-corrected chi connectivity index (χ3v) is 6.44. The van der Waals surface area contributed by atoms with E-state index in [0.717, 1.165) is 36.1 Å². The largest absolute Gasteiger partial charge is 0.423 e. The van der Waals surface area contributed by atoms with E-state index in [1.165, 1.54) is 63.5 Å². The molecule has 5 heteroatoms. The van der Waals surface area contributed by atoms with Gasteiger partial charge in [0.2, 0.25) is 0 Å². The third kappa shape index (κ3) is 7.12. The van der Waals surface area contributed by atoms with E-state index in [0.29, 0.717) is 5.56 Å². The van der Waals surface area contributed by atoms with Crippen molar-refractivity contribution in [2.45, 2.75) is 84.5 Å². The fourth-order valence-corrected chi connectivity index (χ4v) is 4.42. The molecule has 1 aromatic carbocycles. The second kappa shape index (κ2) is 11.9. The average Bonchev–Trinajstić information content (AvgIpc) is 2.80. The summed E-state index contributed by atoms with van der Waals surface area (Å²) in [4.78, 5) is 20.4. The molecule has 0 bridgehead atoms. The Labute approximate surface area is 185 Å². The molecule has 1 saturated carbocycles. The number of hydrogen-bond acceptors (Lipinski definition) is 4. The number of benzene rings is 1. The summed E-state index contributed by atoms with van der Waals surface area (Å²) in [6, 6.07) is 4.55. The zero-order chi connectivity index (χ0) is 22.1. The highest BCUT2D eigenvalue weighted by molar-refractivity contribution is 5.72. The Hall–Kier alpha value is -2.30. The Morgan fingerprint density at radius 3 is 2.29 bits per heavy atom. The lowest BCUT2D eigenvalue weighted by Crippen LogP contribution is -2.15.